The normalized spacial score (nSPS) is 12.1. The molecule has 0 aliphatic heterocycles. The third-order valence-electron chi connectivity index (χ3n) is 7.78. The zero-order chi connectivity index (χ0) is 25.9. The Hall–Kier alpha value is -4.49. The van der Waals surface area contributed by atoms with Crippen LogP contribution < -0.4 is 0 Å². The zero-order valence-electron chi connectivity index (χ0n) is 22.0. The summed E-state index contributed by atoms with van der Waals surface area (Å²) in [5, 5.41) is 7.18. The summed E-state index contributed by atoms with van der Waals surface area (Å²) in [5.74, 6) is 0. The molecule has 0 atom stereocenters. The lowest BCUT2D eigenvalue weighted by molar-refractivity contribution is 0.590. The molecule has 0 aliphatic carbocycles. The molecular formula is C37H29N. The van der Waals surface area contributed by atoms with E-state index in [2.05, 4.69) is 142 Å². The molecule has 1 aromatic heterocycles. The van der Waals surface area contributed by atoms with Gasteiger partial charge >= 0.3 is 0 Å². The molecule has 0 saturated carbocycles. The molecule has 0 N–H and O–H groups in total. The Morgan fingerprint density at radius 2 is 0.974 bits per heavy atom. The molecule has 7 rings (SSSR count). The van der Waals surface area contributed by atoms with E-state index < -0.39 is 0 Å². The van der Waals surface area contributed by atoms with E-state index in [0.29, 0.717) is 0 Å². The van der Waals surface area contributed by atoms with Gasteiger partial charge in [-0.15, -0.1) is 0 Å². The number of hydrogen-bond acceptors (Lipinski definition) is 1. The molecule has 0 aliphatic rings. The summed E-state index contributed by atoms with van der Waals surface area (Å²) in [5.41, 5.74) is 8.50. The first-order chi connectivity index (χ1) is 18.5. The summed E-state index contributed by atoms with van der Waals surface area (Å²) in [4.78, 5) is 5.34. The van der Waals surface area contributed by atoms with Crippen LogP contribution in [0, 0.1) is 0 Å². The largest absolute Gasteiger partial charge is 0.246 e. The highest BCUT2D eigenvalue weighted by atomic mass is 14.7. The van der Waals surface area contributed by atoms with Crippen LogP contribution in [0.2, 0.25) is 0 Å². The van der Waals surface area contributed by atoms with Crippen LogP contribution in [0.5, 0.6) is 0 Å². The molecule has 182 valence electrons. The quantitative estimate of drug-likeness (QED) is 0.175. The van der Waals surface area contributed by atoms with E-state index in [-0.39, 0.29) is 5.41 Å². The summed E-state index contributed by atoms with van der Waals surface area (Å²) in [6, 6.07) is 44.1. The monoisotopic (exact) mass is 487 g/mol. The molecule has 0 saturated heterocycles. The van der Waals surface area contributed by atoms with Gasteiger partial charge in [0.1, 0.15) is 0 Å². The van der Waals surface area contributed by atoms with Gasteiger partial charge in [0.2, 0.25) is 0 Å². The first-order valence-electron chi connectivity index (χ1n) is 13.3. The van der Waals surface area contributed by atoms with Crippen molar-refractivity contribution in [2.24, 2.45) is 0 Å². The molecule has 0 amide bonds. The number of benzene rings is 6. The third kappa shape index (κ3) is 3.66. The first-order valence-corrected chi connectivity index (χ1v) is 13.3. The minimum Gasteiger partial charge on any atom is -0.246 e. The van der Waals surface area contributed by atoms with E-state index in [9.17, 15) is 0 Å². The minimum absolute atomic E-state index is 0.104. The molecule has 0 bridgehead atoms. The van der Waals surface area contributed by atoms with Crippen molar-refractivity contribution in [1.82, 2.24) is 4.98 Å². The summed E-state index contributed by atoms with van der Waals surface area (Å²) in [6.07, 6.45) is 0. The standard InChI is InChI=1S/C37H29N/c1-37(2,3)29-15-9-13-27(23-29)26-12-8-14-28(22-26)34-32-20-18-24-10-4-6-16-30(24)35(32)38-36-31-17-7-5-11-25(31)19-21-33(34)36/h4-23H,1-3H3. The molecular weight excluding hydrogens is 458 g/mol. The molecule has 0 fully saturated rings. The van der Waals surface area contributed by atoms with E-state index in [1.807, 2.05) is 0 Å². The van der Waals surface area contributed by atoms with Crippen LogP contribution >= 0.6 is 0 Å². The highest BCUT2D eigenvalue weighted by molar-refractivity contribution is 6.21. The van der Waals surface area contributed by atoms with Gasteiger partial charge in [0.15, 0.2) is 0 Å². The zero-order valence-corrected chi connectivity index (χ0v) is 22.0. The van der Waals surface area contributed by atoms with Gasteiger partial charge < -0.3 is 0 Å². The van der Waals surface area contributed by atoms with Crippen molar-refractivity contribution in [3.8, 4) is 22.3 Å². The summed E-state index contributed by atoms with van der Waals surface area (Å²) in [6.45, 7) is 6.81. The second-order valence-corrected chi connectivity index (χ2v) is 11.3. The van der Waals surface area contributed by atoms with Crippen molar-refractivity contribution in [3.05, 3.63) is 127 Å². The number of rotatable bonds is 2. The maximum Gasteiger partial charge on any atom is 0.0794 e. The Labute approximate surface area is 223 Å². The van der Waals surface area contributed by atoms with Gasteiger partial charge in [0.25, 0.3) is 0 Å². The fourth-order valence-corrected chi connectivity index (χ4v) is 5.74. The predicted octanol–water partition coefficient (Wildman–Crippen LogP) is 10.3. The predicted molar refractivity (Wildman–Crippen MR) is 164 cm³/mol. The van der Waals surface area contributed by atoms with Crippen molar-refractivity contribution in [3.63, 3.8) is 0 Å². The van der Waals surface area contributed by atoms with Crippen molar-refractivity contribution >= 4 is 43.4 Å². The second-order valence-electron chi connectivity index (χ2n) is 11.3. The fourth-order valence-electron chi connectivity index (χ4n) is 5.74. The third-order valence-corrected chi connectivity index (χ3v) is 7.78. The molecule has 0 spiro atoms. The Balaban J connectivity index is 1.56. The van der Waals surface area contributed by atoms with Crippen molar-refractivity contribution < 1.29 is 0 Å². The van der Waals surface area contributed by atoms with E-state index >= 15 is 0 Å². The number of hydrogen-bond donors (Lipinski definition) is 0. The highest BCUT2D eigenvalue weighted by Gasteiger charge is 2.17. The summed E-state index contributed by atoms with van der Waals surface area (Å²) < 4.78 is 0. The molecule has 7 aromatic rings. The first kappa shape index (κ1) is 22.7. The Morgan fingerprint density at radius 3 is 1.58 bits per heavy atom. The van der Waals surface area contributed by atoms with Crippen LogP contribution in [-0.4, -0.2) is 4.98 Å². The summed E-state index contributed by atoms with van der Waals surface area (Å²) >= 11 is 0. The number of nitrogens with zero attached hydrogens (tertiary/aromatic N) is 1. The van der Waals surface area contributed by atoms with Crippen LogP contribution in [-0.2, 0) is 5.41 Å². The van der Waals surface area contributed by atoms with Gasteiger partial charge in [-0.05, 0) is 44.5 Å². The number of pyridine rings is 1. The Bertz CT molecular complexity index is 1910. The lowest BCUT2D eigenvalue weighted by Crippen LogP contribution is -2.10. The Kier molecular flexibility index (Phi) is 5.09. The average Bonchev–Trinajstić information content (AvgIpc) is 2.95. The minimum atomic E-state index is 0.104. The highest BCUT2D eigenvalue weighted by Crippen LogP contribution is 2.41. The van der Waals surface area contributed by atoms with Crippen molar-refractivity contribution in [1.29, 1.82) is 0 Å². The molecule has 6 aromatic carbocycles. The van der Waals surface area contributed by atoms with E-state index in [0.717, 1.165) is 11.0 Å². The van der Waals surface area contributed by atoms with E-state index in [1.165, 1.54) is 60.1 Å². The lowest BCUT2D eigenvalue weighted by atomic mass is 9.85. The fraction of sp³-hybridized carbons (Fsp3) is 0.108. The molecule has 0 unspecified atom stereocenters. The molecule has 0 radical (unpaired) electrons. The van der Waals surface area contributed by atoms with Crippen LogP contribution in [0.1, 0.15) is 26.3 Å². The second kappa shape index (κ2) is 8.53. The van der Waals surface area contributed by atoms with Crippen molar-refractivity contribution in [2.75, 3.05) is 0 Å². The molecule has 1 heteroatoms. The van der Waals surface area contributed by atoms with Gasteiger partial charge in [0, 0.05) is 27.1 Å². The topological polar surface area (TPSA) is 12.9 Å². The summed E-state index contributed by atoms with van der Waals surface area (Å²) in [7, 11) is 0. The molecule has 38 heavy (non-hydrogen) atoms. The van der Waals surface area contributed by atoms with Gasteiger partial charge in [-0.2, -0.15) is 0 Å². The SMILES string of the molecule is CC(C)(C)c1cccc(-c2cccc(-c3c4ccc5ccccc5c4nc4c3ccc3ccccc34)c2)c1. The van der Waals surface area contributed by atoms with Crippen molar-refractivity contribution in [2.45, 2.75) is 26.2 Å². The van der Waals surface area contributed by atoms with Gasteiger partial charge in [0.05, 0.1) is 11.0 Å². The average molecular weight is 488 g/mol. The molecule has 1 heterocycles. The van der Waals surface area contributed by atoms with Gasteiger partial charge in [-0.1, -0.05) is 136 Å². The smallest absolute Gasteiger partial charge is 0.0794 e. The number of aromatic nitrogens is 1. The van der Waals surface area contributed by atoms with E-state index in [1.54, 1.807) is 0 Å². The van der Waals surface area contributed by atoms with Crippen LogP contribution in [0.15, 0.2) is 121 Å². The number of fused-ring (bicyclic) bond motifs is 6. The van der Waals surface area contributed by atoms with Gasteiger partial charge in [-0.25, -0.2) is 4.98 Å². The van der Waals surface area contributed by atoms with Gasteiger partial charge in [-0.3, -0.25) is 0 Å². The van der Waals surface area contributed by atoms with Crippen LogP contribution in [0.3, 0.4) is 0 Å². The van der Waals surface area contributed by atoms with Crippen LogP contribution in [0.4, 0.5) is 0 Å². The Morgan fingerprint density at radius 1 is 0.447 bits per heavy atom. The van der Waals surface area contributed by atoms with E-state index in [4.69, 9.17) is 4.98 Å². The molecule has 1 nitrogen and oxygen atoms in total. The maximum atomic E-state index is 5.34. The van der Waals surface area contributed by atoms with Crippen LogP contribution in [0.25, 0.3) is 65.6 Å². The lowest BCUT2D eigenvalue weighted by Gasteiger charge is -2.20. The maximum absolute atomic E-state index is 5.34.